The minimum atomic E-state index is -1.05. The molecule has 1 atom stereocenters. The quantitative estimate of drug-likeness (QED) is 0.160. The molecule has 1 aliphatic rings. The summed E-state index contributed by atoms with van der Waals surface area (Å²) in [7, 11) is 1.59. The van der Waals surface area contributed by atoms with Crippen LogP contribution in [0.5, 0.6) is 0 Å². The van der Waals surface area contributed by atoms with Crippen LogP contribution in [0.3, 0.4) is 0 Å². The van der Waals surface area contributed by atoms with Gasteiger partial charge >= 0.3 is 6.03 Å². The van der Waals surface area contributed by atoms with Crippen molar-refractivity contribution in [1.29, 1.82) is 0 Å². The van der Waals surface area contributed by atoms with Gasteiger partial charge in [-0.15, -0.1) is 0 Å². The van der Waals surface area contributed by atoms with Gasteiger partial charge in [0.15, 0.2) is 11.7 Å². The summed E-state index contributed by atoms with van der Waals surface area (Å²) in [6, 6.07) is 2.22. The predicted molar refractivity (Wildman–Crippen MR) is 146 cm³/mol. The average molecular weight is 545 g/mol. The van der Waals surface area contributed by atoms with Crippen molar-refractivity contribution < 1.29 is 23.5 Å². The Hall–Kier alpha value is -4.35. The van der Waals surface area contributed by atoms with Gasteiger partial charge in [0, 0.05) is 43.1 Å². The van der Waals surface area contributed by atoms with Gasteiger partial charge < -0.3 is 20.3 Å². The second-order valence-corrected chi connectivity index (χ2v) is 9.12. The second kappa shape index (κ2) is 14.6. The highest BCUT2D eigenvalue weighted by Gasteiger charge is 2.20. The van der Waals surface area contributed by atoms with Gasteiger partial charge in [0.1, 0.15) is 5.76 Å². The largest absolute Gasteiger partial charge is 0.506 e. The maximum absolute atomic E-state index is 14.4. The number of carbonyl (C=O) groups excluding carboxylic acids is 2. The molecule has 2 rings (SSSR count). The molecule has 10 nitrogen and oxygen atoms in total. The van der Waals surface area contributed by atoms with E-state index in [1.165, 1.54) is 25.3 Å². The van der Waals surface area contributed by atoms with Crippen LogP contribution in [0.4, 0.5) is 13.6 Å². The third-order valence-corrected chi connectivity index (χ3v) is 6.03. The first-order valence-electron chi connectivity index (χ1n) is 12.3. The van der Waals surface area contributed by atoms with Crippen molar-refractivity contribution in [2.45, 2.75) is 40.7 Å². The van der Waals surface area contributed by atoms with Gasteiger partial charge in [0.05, 0.1) is 12.2 Å². The van der Waals surface area contributed by atoms with Gasteiger partial charge in [-0.1, -0.05) is 26.8 Å². The van der Waals surface area contributed by atoms with Gasteiger partial charge in [-0.2, -0.15) is 4.99 Å². The van der Waals surface area contributed by atoms with E-state index in [4.69, 9.17) is 0 Å². The zero-order valence-corrected chi connectivity index (χ0v) is 22.6. The Bertz CT molecular complexity index is 1310. The molecular formula is C27H34F2N6O4. The molecule has 0 radical (unpaired) electrons. The second-order valence-electron chi connectivity index (χ2n) is 9.12. The minimum absolute atomic E-state index is 0.0776. The fraction of sp³-hybridized carbons (Fsp3) is 0.370. The zero-order chi connectivity index (χ0) is 29.1. The number of halogens is 2. The van der Waals surface area contributed by atoms with Gasteiger partial charge in [0.25, 0.3) is 5.56 Å². The van der Waals surface area contributed by atoms with E-state index in [2.05, 4.69) is 25.6 Å². The Morgan fingerprint density at radius 1 is 1.33 bits per heavy atom. The number of nitrogens with one attached hydrogen (secondary N) is 3. The van der Waals surface area contributed by atoms with Gasteiger partial charge in [-0.05, 0) is 43.1 Å². The van der Waals surface area contributed by atoms with Crippen LogP contribution in [-0.2, 0) is 11.3 Å². The summed E-state index contributed by atoms with van der Waals surface area (Å²) in [6.45, 7) is 6.52. The number of rotatable bonds is 9. The third-order valence-electron chi connectivity index (χ3n) is 6.03. The van der Waals surface area contributed by atoms with Crippen molar-refractivity contribution in [3.63, 3.8) is 0 Å². The summed E-state index contributed by atoms with van der Waals surface area (Å²) in [5.41, 5.74) is 0.881. The number of guanidine groups is 1. The average Bonchev–Trinajstić information content (AvgIpc) is 2.89. The van der Waals surface area contributed by atoms with Crippen LogP contribution < -0.4 is 16.2 Å². The Balaban J connectivity index is 2.33. The summed E-state index contributed by atoms with van der Waals surface area (Å²) >= 11 is 0. The monoisotopic (exact) mass is 544 g/mol. The molecule has 0 aromatic carbocycles. The SMILES string of the molecule is C/N=C1/C=C(O)C(N/C(=N/C(=O)N(CC/C=C(F)\C(F)=C(/C)C(C)C)Cc2ccc[nH]c2=O)NC=O)=CC1C. The fourth-order valence-corrected chi connectivity index (χ4v) is 3.50. The maximum atomic E-state index is 14.4. The summed E-state index contributed by atoms with van der Waals surface area (Å²) in [4.78, 5) is 48.2. The Labute approximate surface area is 225 Å². The number of urea groups is 1. The van der Waals surface area contributed by atoms with E-state index in [9.17, 15) is 28.3 Å². The number of aromatic amines is 1. The molecule has 0 saturated carbocycles. The summed E-state index contributed by atoms with van der Waals surface area (Å²) in [5, 5.41) is 15.3. The first kappa shape index (κ1) is 30.9. The van der Waals surface area contributed by atoms with Crippen LogP contribution >= 0.6 is 0 Å². The Kier molecular flexibility index (Phi) is 11.5. The third kappa shape index (κ3) is 8.87. The van der Waals surface area contributed by atoms with Crippen molar-refractivity contribution in [2.24, 2.45) is 21.8 Å². The van der Waals surface area contributed by atoms with E-state index in [1.54, 1.807) is 33.0 Å². The van der Waals surface area contributed by atoms with Crippen LogP contribution in [0.25, 0.3) is 0 Å². The topological polar surface area (TPSA) is 139 Å². The molecule has 39 heavy (non-hydrogen) atoms. The van der Waals surface area contributed by atoms with Gasteiger partial charge in [-0.3, -0.25) is 19.9 Å². The smallest absolute Gasteiger partial charge is 0.347 e. The number of H-pyrrole nitrogens is 1. The summed E-state index contributed by atoms with van der Waals surface area (Å²) in [5.74, 6) is -2.83. The lowest BCUT2D eigenvalue weighted by atomic mass is 9.98. The summed E-state index contributed by atoms with van der Waals surface area (Å²) < 4.78 is 28.7. The minimum Gasteiger partial charge on any atom is -0.506 e. The number of aliphatic hydroxyl groups is 1. The Morgan fingerprint density at radius 3 is 2.67 bits per heavy atom. The lowest BCUT2D eigenvalue weighted by Crippen LogP contribution is -2.40. The molecule has 1 aliphatic carbocycles. The van der Waals surface area contributed by atoms with Crippen molar-refractivity contribution >= 4 is 24.1 Å². The number of allylic oxidation sites excluding steroid dienone is 5. The van der Waals surface area contributed by atoms with E-state index < -0.39 is 23.2 Å². The van der Waals surface area contributed by atoms with Crippen molar-refractivity contribution in [3.05, 3.63) is 81.2 Å². The Morgan fingerprint density at radius 2 is 2.05 bits per heavy atom. The molecule has 0 aliphatic heterocycles. The number of pyridine rings is 1. The van der Waals surface area contributed by atoms with Gasteiger partial charge in [-0.25, -0.2) is 13.6 Å². The first-order valence-corrected chi connectivity index (χ1v) is 12.3. The molecule has 3 amide bonds. The van der Waals surface area contributed by atoms with E-state index in [1.807, 2.05) is 6.92 Å². The molecule has 1 unspecified atom stereocenters. The van der Waals surface area contributed by atoms with Crippen molar-refractivity contribution in [1.82, 2.24) is 20.5 Å². The lowest BCUT2D eigenvalue weighted by Gasteiger charge is -2.21. The molecule has 0 bridgehead atoms. The number of amides is 3. The van der Waals surface area contributed by atoms with Gasteiger partial charge in [0.2, 0.25) is 12.4 Å². The molecule has 210 valence electrons. The molecule has 1 heterocycles. The molecule has 4 N–H and O–H groups in total. The molecule has 0 saturated heterocycles. The molecule has 1 aromatic rings. The molecule has 1 aromatic heterocycles. The molecule has 0 spiro atoms. The van der Waals surface area contributed by atoms with Crippen LogP contribution in [0, 0.1) is 11.8 Å². The number of aliphatic hydroxyl groups excluding tert-OH is 1. The summed E-state index contributed by atoms with van der Waals surface area (Å²) in [6.07, 6.45) is 5.75. The number of carbonyl (C=O) groups is 2. The zero-order valence-electron chi connectivity index (χ0n) is 22.6. The number of hydrogen-bond donors (Lipinski definition) is 4. The highest BCUT2D eigenvalue weighted by Crippen LogP contribution is 2.23. The van der Waals surface area contributed by atoms with E-state index in [-0.39, 0.29) is 59.9 Å². The van der Waals surface area contributed by atoms with Crippen molar-refractivity contribution in [2.75, 3.05) is 13.6 Å². The maximum Gasteiger partial charge on any atom is 0.347 e. The normalized spacial score (nSPS) is 17.8. The van der Waals surface area contributed by atoms with Crippen LogP contribution in [-0.4, -0.2) is 52.7 Å². The molecule has 0 fully saturated rings. The van der Waals surface area contributed by atoms with Crippen LogP contribution in [0.1, 0.15) is 39.7 Å². The molecular weight excluding hydrogens is 510 g/mol. The lowest BCUT2D eigenvalue weighted by molar-refractivity contribution is -0.108. The highest BCUT2D eigenvalue weighted by molar-refractivity contribution is 6.01. The van der Waals surface area contributed by atoms with Crippen LogP contribution in [0.15, 0.2) is 80.0 Å². The number of nitrogens with zero attached hydrogens (tertiary/aromatic N) is 3. The van der Waals surface area contributed by atoms with Crippen molar-refractivity contribution in [3.8, 4) is 0 Å². The highest BCUT2D eigenvalue weighted by atomic mass is 19.2. The van der Waals surface area contributed by atoms with E-state index in [0.717, 1.165) is 11.0 Å². The predicted octanol–water partition coefficient (Wildman–Crippen LogP) is 4.18. The van der Waals surface area contributed by atoms with E-state index in [0.29, 0.717) is 12.1 Å². The standard InChI is InChI=1S/C27H34F2N6O4/c1-16(2)18(4)24(29)20(28)9-7-11-35(14-19-8-6-10-31-25(19)38)27(39)34-26(32-15-36)33-22-12-17(3)21(30-5)13-23(22)37/h6,8-10,12-13,15-17,37H,7,11,14H2,1-5H3,(H,31,38)(H2,32,33,34,36,39)/b20-9+,24-18-,30-21-. The number of hydrogen-bond acceptors (Lipinski definition) is 5. The fourth-order valence-electron chi connectivity index (χ4n) is 3.50. The number of aliphatic imine (C=N–C) groups is 2. The van der Waals surface area contributed by atoms with Crippen LogP contribution in [0.2, 0.25) is 0 Å². The number of aromatic nitrogens is 1. The first-order chi connectivity index (χ1) is 18.5. The molecule has 12 heteroatoms. The van der Waals surface area contributed by atoms with E-state index >= 15 is 0 Å².